The number of pyridine rings is 1. The second kappa shape index (κ2) is 8.08. The molecule has 1 saturated heterocycles. The number of Topliss-reactive ketones (excluding diaryl/α,β-unsaturated/α-hetero) is 1. The number of aliphatic hydroxyl groups excluding tert-OH is 1. The van der Waals surface area contributed by atoms with Gasteiger partial charge >= 0.3 is 0 Å². The first-order valence-electron chi connectivity index (χ1n) is 9.79. The van der Waals surface area contributed by atoms with E-state index in [1.807, 2.05) is 55.4 Å². The number of ketones is 1. The molecule has 30 heavy (non-hydrogen) atoms. The first-order valence-corrected chi connectivity index (χ1v) is 9.79. The van der Waals surface area contributed by atoms with Crippen molar-refractivity contribution in [3.63, 3.8) is 0 Å². The molecule has 1 fully saturated rings. The summed E-state index contributed by atoms with van der Waals surface area (Å²) in [6.07, 6.45) is 3.24. The van der Waals surface area contributed by atoms with Crippen molar-refractivity contribution in [2.75, 3.05) is 27.2 Å². The second-order valence-corrected chi connectivity index (χ2v) is 7.64. The molecule has 4 rings (SSSR count). The van der Waals surface area contributed by atoms with E-state index in [4.69, 9.17) is 0 Å². The summed E-state index contributed by atoms with van der Waals surface area (Å²) >= 11 is 0. The zero-order valence-electron chi connectivity index (χ0n) is 16.9. The third-order valence-corrected chi connectivity index (χ3v) is 5.37. The lowest BCUT2D eigenvalue weighted by atomic mass is 9.95. The monoisotopic (exact) mass is 401 g/mol. The van der Waals surface area contributed by atoms with E-state index >= 15 is 0 Å². The van der Waals surface area contributed by atoms with Crippen LogP contribution in [0.2, 0.25) is 0 Å². The molecule has 0 bridgehead atoms. The van der Waals surface area contributed by atoms with Gasteiger partial charge in [0.25, 0.3) is 11.7 Å². The minimum atomic E-state index is -0.666. The number of likely N-dealkylation sites (N-methyl/N-ethyl adjacent to an activating group) is 1. The standard InChI is InChI=1S/C24H23N3O3/c1-26(2)13-14-27-21(17-9-11-25-12-10-17)20(23(29)24(27)30)22(28)19-8-7-16-5-3-4-6-18(16)15-19/h3-12,15,21,28H,13-14H2,1-2H3/b22-20-. The summed E-state index contributed by atoms with van der Waals surface area (Å²) in [5.74, 6) is -1.42. The molecule has 0 spiro atoms. The second-order valence-electron chi connectivity index (χ2n) is 7.64. The fourth-order valence-electron chi connectivity index (χ4n) is 3.80. The Labute approximate surface area is 175 Å². The number of rotatable bonds is 5. The highest BCUT2D eigenvalue weighted by atomic mass is 16.3. The number of aliphatic hydroxyl groups is 1. The maximum Gasteiger partial charge on any atom is 0.295 e. The zero-order chi connectivity index (χ0) is 21.3. The third-order valence-electron chi connectivity index (χ3n) is 5.37. The quantitative estimate of drug-likeness (QED) is 0.404. The van der Waals surface area contributed by atoms with E-state index in [0.29, 0.717) is 18.7 Å². The molecule has 1 atom stereocenters. The SMILES string of the molecule is CN(C)CCN1C(=O)C(=O)/C(=C(\O)c2ccc3ccccc3c2)C1c1ccncc1. The maximum absolute atomic E-state index is 13.0. The zero-order valence-corrected chi connectivity index (χ0v) is 16.9. The number of amides is 1. The molecule has 6 nitrogen and oxygen atoms in total. The van der Waals surface area contributed by atoms with Crippen molar-refractivity contribution < 1.29 is 14.7 Å². The topological polar surface area (TPSA) is 73.7 Å². The fraction of sp³-hybridized carbons (Fsp3) is 0.208. The Morgan fingerprint density at radius 2 is 1.73 bits per heavy atom. The first kappa shape index (κ1) is 19.8. The van der Waals surface area contributed by atoms with E-state index in [0.717, 1.165) is 16.3 Å². The molecule has 0 radical (unpaired) electrons. The predicted octanol–water partition coefficient (Wildman–Crippen LogP) is 3.22. The van der Waals surface area contributed by atoms with Crippen LogP contribution in [0.3, 0.4) is 0 Å². The third kappa shape index (κ3) is 3.57. The average Bonchev–Trinajstić information content (AvgIpc) is 3.02. The maximum atomic E-state index is 13.0. The number of likely N-dealkylation sites (tertiary alicyclic amines) is 1. The van der Waals surface area contributed by atoms with Gasteiger partial charge in [-0.25, -0.2) is 0 Å². The van der Waals surface area contributed by atoms with Gasteiger partial charge in [-0.3, -0.25) is 14.6 Å². The first-order chi connectivity index (χ1) is 14.5. The molecule has 1 aliphatic rings. The van der Waals surface area contributed by atoms with Gasteiger partial charge in [-0.15, -0.1) is 0 Å². The van der Waals surface area contributed by atoms with Crippen molar-refractivity contribution in [1.82, 2.24) is 14.8 Å². The van der Waals surface area contributed by atoms with Crippen molar-refractivity contribution in [2.45, 2.75) is 6.04 Å². The predicted molar refractivity (Wildman–Crippen MR) is 116 cm³/mol. The van der Waals surface area contributed by atoms with E-state index in [2.05, 4.69) is 4.98 Å². The highest BCUT2D eigenvalue weighted by Gasteiger charge is 2.45. The number of hydrogen-bond donors (Lipinski definition) is 1. The van der Waals surface area contributed by atoms with E-state index < -0.39 is 17.7 Å². The number of hydrogen-bond acceptors (Lipinski definition) is 5. The summed E-state index contributed by atoms with van der Waals surface area (Å²) in [6, 6.07) is 16.2. The average molecular weight is 401 g/mol. The van der Waals surface area contributed by atoms with Crippen LogP contribution < -0.4 is 0 Å². The van der Waals surface area contributed by atoms with Crippen LogP contribution in [0, 0.1) is 0 Å². The summed E-state index contributed by atoms with van der Waals surface area (Å²) in [5.41, 5.74) is 1.36. The Hall–Kier alpha value is -3.51. The van der Waals surface area contributed by atoms with Crippen LogP contribution in [0.1, 0.15) is 17.2 Å². The van der Waals surface area contributed by atoms with Crippen molar-refractivity contribution in [3.8, 4) is 0 Å². The molecular weight excluding hydrogens is 378 g/mol. The van der Waals surface area contributed by atoms with Crippen LogP contribution in [0.5, 0.6) is 0 Å². The number of carbonyl (C=O) groups excluding carboxylic acids is 2. The Kier molecular flexibility index (Phi) is 5.33. The Morgan fingerprint density at radius 1 is 1.03 bits per heavy atom. The molecule has 1 aliphatic heterocycles. The van der Waals surface area contributed by atoms with Crippen molar-refractivity contribution >= 4 is 28.2 Å². The molecule has 1 amide bonds. The van der Waals surface area contributed by atoms with E-state index in [-0.39, 0.29) is 11.3 Å². The number of benzene rings is 2. The van der Waals surface area contributed by atoms with Crippen LogP contribution >= 0.6 is 0 Å². The number of fused-ring (bicyclic) bond motifs is 1. The van der Waals surface area contributed by atoms with Gasteiger partial charge in [0, 0.05) is 31.0 Å². The van der Waals surface area contributed by atoms with Gasteiger partial charge in [0.1, 0.15) is 5.76 Å². The molecule has 2 heterocycles. The van der Waals surface area contributed by atoms with Gasteiger partial charge in [-0.1, -0.05) is 36.4 Å². The van der Waals surface area contributed by atoms with Crippen LogP contribution in [0.4, 0.5) is 0 Å². The molecule has 6 heteroatoms. The number of nitrogens with zero attached hydrogens (tertiary/aromatic N) is 3. The van der Waals surface area contributed by atoms with E-state index in [1.54, 1.807) is 30.6 Å². The highest BCUT2D eigenvalue weighted by molar-refractivity contribution is 6.46. The summed E-state index contributed by atoms with van der Waals surface area (Å²) in [7, 11) is 3.82. The molecule has 1 unspecified atom stereocenters. The summed E-state index contributed by atoms with van der Waals surface area (Å²) in [4.78, 5) is 33.4. The molecule has 0 saturated carbocycles. The van der Waals surface area contributed by atoms with Gasteiger partial charge in [0.05, 0.1) is 11.6 Å². The Morgan fingerprint density at radius 3 is 2.43 bits per heavy atom. The van der Waals surface area contributed by atoms with Crippen LogP contribution in [0.25, 0.3) is 16.5 Å². The number of aromatic nitrogens is 1. The molecule has 3 aromatic rings. The minimum absolute atomic E-state index is 0.111. The molecule has 152 valence electrons. The van der Waals surface area contributed by atoms with Gasteiger partial charge in [-0.05, 0) is 48.6 Å². The van der Waals surface area contributed by atoms with Crippen molar-refractivity contribution in [3.05, 3.63) is 83.7 Å². The smallest absolute Gasteiger partial charge is 0.295 e. The van der Waals surface area contributed by atoms with Crippen molar-refractivity contribution in [2.24, 2.45) is 0 Å². The lowest BCUT2D eigenvalue weighted by Crippen LogP contribution is -2.35. The highest BCUT2D eigenvalue weighted by Crippen LogP contribution is 2.39. The lowest BCUT2D eigenvalue weighted by molar-refractivity contribution is -0.140. The van der Waals surface area contributed by atoms with E-state index in [9.17, 15) is 14.7 Å². The normalized spacial score (nSPS) is 18.5. The number of carbonyl (C=O) groups is 2. The molecule has 2 aromatic carbocycles. The van der Waals surface area contributed by atoms with E-state index in [1.165, 1.54) is 4.90 Å². The Balaban J connectivity index is 1.85. The molecule has 1 aromatic heterocycles. The van der Waals surface area contributed by atoms with Gasteiger partial charge in [0.2, 0.25) is 0 Å². The van der Waals surface area contributed by atoms with Gasteiger partial charge < -0.3 is 14.9 Å². The van der Waals surface area contributed by atoms with Gasteiger partial charge in [0.15, 0.2) is 0 Å². The Bertz CT molecular complexity index is 1140. The van der Waals surface area contributed by atoms with Crippen molar-refractivity contribution in [1.29, 1.82) is 0 Å². The molecule has 1 N–H and O–H groups in total. The van der Waals surface area contributed by atoms with Gasteiger partial charge in [-0.2, -0.15) is 0 Å². The minimum Gasteiger partial charge on any atom is -0.507 e. The molecule has 0 aliphatic carbocycles. The summed E-state index contributed by atoms with van der Waals surface area (Å²) < 4.78 is 0. The lowest BCUT2D eigenvalue weighted by Gasteiger charge is -2.26. The largest absolute Gasteiger partial charge is 0.507 e. The summed E-state index contributed by atoms with van der Waals surface area (Å²) in [6.45, 7) is 0.976. The fourth-order valence-corrected chi connectivity index (χ4v) is 3.80. The summed E-state index contributed by atoms with van der Waals surface area (Å²) in [5, 5.41) is 13.1. The van der Waals surface area contributed by atoms with Crippen LogP contribution in [-0.2, 0) is 9.59 Å². The van der Waals surface area contributed by atoms with Crippen LogP contribution in [-0.4, -0.2) is 58.8 Å². The van der Waals surface area contributed by atoms with Crippen LogP contribution in [0.15, 0.2) is 72.6 Å². The molecular formula is C24H23N3O3.